The van der Waals surface area contributed by atoms with Crippen LogP contribution in [0.15, 0.2) is 24.4 Å². The first-order valence-electron chi connectivity index (χ1n) is 8.95. The summed E-state index contributed by atoms with van der Waals surface area (Å²) < 4.78 is 0. The van der Waals surface area contributed by atoms with Crippen molar-refractivity contribution in [3.63, 3.8) is 0 Å². The summed E-state index contributed by atoms with van der Waals surface area (Å²) in [6, 6.07) is 4.82. The molecule has 0 saturated carbocycles. The van der Waals surface area contributed by atoms with Gasteiger partial charge in [-0.2, -0.15) is 0 Å². The first kappa shape index (κ1) is 20.9. The fraction of sp³-hybridized carbons (Fsp3) is 0.389. The Hall–Kier alpha value is -2.82. The second-order valence-electron chi connectivity index (χ2n) is 6.78. The zero-order valence-corrected chi connectivity index (χ0v) is 16.5. The highest BCUT2D eigenvalue weighted by Gasteiger charge is 2.35. The number of halogens is 1. The molecule has 154 valence electrons. The Balaban J connectivity index is 1.85. The molecule has 0 radical (unpaired) electrons. The second-order valence-corrected chi connectivity index (χ2v) is 7.22. The van der Waals surface area contributed by atoms with Crippen LogP contribution in [-0.4, -0.2) is 51.0 Å². The molecule has 0 atom stereocenters. The van der Waals surface area contributed by atoms with E-state index >= 15 is 0 Å². The fourth-order valence-electron chi connectivity index (χ4n) is 3.49. The Bertz CT molecular complexity index is 929. The number of hydrogen-bond donors (Lipinski definition) is 1. The van der Waals surface area contributed by atoms with Gasteiger partial charge in [-0.15, -0.1) is 0 Å². The van der Waals surface area contributed by atoms with E-state index in [0.717, 1.165) is 5.69 Å². The lowest BCUT2D eigenvalue weighted by Gasteiger charge is -2.35. The van der Waals surface area contributed by atoms with Crippen LogP contribution < -0.4 is 4.90 Å². The first-order chi connectivity index (χ1) is 13.8. The Labute approximate surface area is 171 Å². The monoisotopic (exact) mass is 421 g/mol. The van der Waals surface area contributed by atoms with Gasteiger partial charge in [0.2, 0.25) is 0 Å². The molecule has 1 fully saturated rings. The van der Waals surface area contributed by atoms with Crippen molar-refractivity contribution in [2.45, 2.75) is 20.1 Å². The number of hydrogen-bond acceptors (Lipinski definition) is 8. The maximum absolute atomic E-state index is 11.7. The van der Waals surface area contributed by atoms with Gasteiger partial charge in [-0.1, -0.05) is 11.6 Å². The molecule has 0 spiro atoms. The molecule has 3 rings (SSSR count). The molecule has 1 aromatic carbocycles. The van der Waals surface area contributed by atoms with Gasteiger partial charge in [0.25, 0.3) is 5.69 Å². The number of nitro groups is 2. The summed E-state index contributed by atoms with van der Waals surface area (Å²) in [6.45, 7) is 3.52. The highest BCUT2D eigenvalue weighted by molar-refractivity contribution is 6.30. The normalized spacial score (nSPS) is 14.8. The molecule has 1 aliphatic rings. The molecule has 1 aromatic heterocycles. The minimum atomic E-state index is -0.634. The molecule has 1 saturated heterocycles. The molecule has 10 nitrogen and oxygen atoms in total. The molecule has 29 heavy (non-hydrogen) atoms. The maximum Gasteiger partial charge on any atom is 0.302 e. The van der Waals surface area contributed by atoms with Crippen LogP contribution in [-0.2, 0) is 13.2 Å². The Morgan fingerprint density at radius 1 is 1.17 bits per heavy atom. The van der Waals surface area contributed by atoms with Crippen molar-refractivity contribution >= 4 is 28.7 Å². The van der Waals surface area contributed by atoms with Crippen LogP contribution in [0.4, 0.5) is 17.1 Å². The second kappa shape index (κ2) is 8.68. The molecular weight excluding hydrogens is 402 g/mol. The van der Waals surface area contributed by atoms with Crippen LogP contribution in [0, 0.1) is 27.2 Å². The van der Waals surface area contributed by atoms with Crippen LogP contribution in [0.25, 0.3) is 0 Å². The Kier molecular flexibility index (Phi) is 6.26. The van der Waals surface area contributed by atoms with E-state index in [2.05, 4.69) is 9.88 Å². The number of benzene rings is 1. The van der Waals surface area contributed by atoms with Crippen LogP contribution in [0.2, 0.25) is 5.02 Å². The van der Waals surface area contributed by atoms with Gasteiger partial charge in [-0.25, -0.2) is 0 Å². The van der Waals surface area contributed by atoms with Crippen molar-refractivity contribution in [1.82, 2.24) is 9.88 Å². The summed E-state index contributed by atoms with van der Waals surface area (Å²) in [5, 5.41) is 33.3. The van der Waals surface area contributed by atoms with E-state index in [9.17, 15) is 25.3 Å². The largest absolute Gasteiger partial charge is 0.392 e. The number of anilines is 1. The van der Waals surface area contributed by atoms with Gasteiger partial charge in [-0.05, 0) is 24.6 Å². The third-order valence-electron chi connectivity index (χ3n) is 5.03. The van der Waals surface area contributed by atoms with Crippen molar-refractivity contribution in [2.75, 3.05) is 31.1 Å². The molecule has 2 aromatic rings. The van der Waals surface area contributed by atoms with Gasteiger partial charge < -0.3 is 10.0 Å². The summed E-state index contributed by atoms with van der Waals surface area (Å²) in [5.74, 6) is 0. The van der Waals surface area contributed by atoms with Crippen molar-refractivity contribution in [3.05, 3.63) is 66.5 Å². The van der Waals surface area contributed by atoms with Gasteiger partial charge >= 0.3 is 5.69 Å². The van der Waals surface area contributed by atoms with E-state index in [-0.39, 0.29) is 28.2 Å². The van der Waals surface area contributed by atoms with E-state index < -0.39 is 16.5 Å². The average molecular weight is 422 g/mol. The number of pyridine rings is 1. The highest BCUT2D eigenvalue weighted by atomic mass is 35.5. The minimum Gasteiger partial charge on any atom is -0.392 e. The summed E-state index contributed by atoms with van der Waals surface area (Å²) in [7, 11) is 0. The summed E-state index contributed by atoms with van der Waals surface area (Å²) in [4.78, 5) is 30.1. The topological polar surface area (TPSA) is 126 Å². The van der Waals surface area contributed by atoms with Crippen LogP contribution in [0.1, 0.15) is 16.8 Å². The summed E-state index contributed by atoms with van der Waals surface area (Å²) in [5.41, 5.74) is 0.586. The summed E-state index contributed by atoms with van der Waals surface area (Å²) >= 11 is 5.85. The van der Waals surface area contributed by atoms with Gasteiger partial charge in [-0.3, -0.25) is 30.1 Å². The standard InChI is InChI=1S/C18H20ClN5O5/c1-12-13(11-25)8-16(23(26)27)18(17(12)24(28)29)22-6-4-21(5-7-22)10-15-3-2-14(19)9-20-15/h2-3,8-9,25H,4-7,10-11H2,1H3. The number of aliphatic hydroxyl groups is 1. The van der Waals surface area contributed by atoms with Gasteiger partial charge in [0.15, 0.2) is 5.69 Å². The Morgan fingerprint density at radius 2 is 1.86 bits per heavy atom. The van der Waals surface area contributed by atoms with Gasteiger partial charge in [0.1, 0.15) is 0 Å². The third kappa shape index (κ3) is 4.44. The van der Waals surface area contributed by atoms with E-state index in [1.54, 1.807) is 17.2 Å². The third-order valence-corrected chi connectivity index (χ3v) is 5.25. The fourth-order valence-corrected chi connectivity index (χ4v) is 3.60. The van der Waals surface area contributed by atoms with E-state index in [1.165, 1.54) is 13.0 Å². The van der Waals surface area contributed by atoms with E-state index in [1.807, 2.05) is 6.07 Å². The molecule has 0 unspecified atom stereocenters. The zero-order chi connectivity index (χ0) is 21.1. The lowest BCUT2D eigenvalue weighted by molar-refractivity contribution is -0.393. The molecular formula is C18H20ClN5O5. The van der Waals surface area contributed by atoms with Crippen molar-refractivity contribution in [1.29, 1.82) is 0 Å². The Morgan fingerprint density at radius 3 is 2.38 bits per heavy atom. The maximum atomic E-state index is 11.7. The predicted molar refractivity (Wildman–Crippen MR) is 107 cm³/mol. The number of aliphatic hydroxyl groups excluding tert-OH is 1. The van der Waals surface area contributed by atoms with E-state index in [4.69, 9.17) is 11.6 Å². The molecule has 1 N–H and O–H groups in total. The number of piperazine rings is 1. The van der Waals surface area contributed by atoms with Crippen molar-refractivity contribution in [3.8, 4) is 0 Å². The molecule has 1 aliphatic heterocycles. The predicted octanol–water partition coefficient (Wildman–Crippen LogP) is 2.67. The smallest absolute Gasteiger partial charge is 0.302 e. The molecule has 0 aliphatic carbocycles. The molecule has 0 bridgehead atoms. The molecule has 2 heterocycles. The minimum absolute atomic E-state index is 0.000956. The first-order valence-corrected chi connectivity index (χ1v) is 9.33. The van der Waals surface area contributed by atoms with Gasteiger partial charge in [0, 0.05) is 50.6 Å². The van der Waals surface area contributed by atoms with Crippen LogP contribution in [0.5, 0.6) is 0 Å². The lowest BCUT2D eigenvalue weighted by Crippen LogP contribution is -2.46. The quantitative estimate of drug-likeness (QED) is 0.557. The average Bonchev–Trinajstić information content (AvgIpc) is 2.69. The lowest BCUT2D eigenvalue weighted by atomic mass is 10.0. The molecule has 0 amide bonds. The van der Waals surface area contributed by atoms with Crippen LogP contribution >= 0.6 is 11.6 Å². The van der Waals surface area contributed by atoms with Crippen LogP contribution in [0.3, 0.4) is 0 Å². The SMILES string of the molecule is Cc1c(CO)cc([N+](=O)[O-])c(N2CCN(Cc3ccc(Cl)cn3)CC2)c1[N+](=O)[O-]. The number of aromatic nitrogens is 1. The zero-order valence-electron chi connectivity index (χ0n) is 15.7. The number of nitro benzene ring substituents is 2. The summed E-state index contributed by atoms with van der Waals surface area (Å²) in [6.07, 6.45) is 1.57. The van der Waals surface area contributed by atoms with Crippen molar-refractivity contribution < 1.29 is 15.0 Å². The number of rotatable bonds is 6. The van der Waals surface area contributed by atoms with Crippen molar-refractivity contribution in [2.24, 2.45) is 0 Å². The number of nitrogens with zero attached hydrogens (tertiary/aromatic N) is 5. The molecule has 11 heteroatoms. The van der Waals surface area contributed by atoms with Gasteiger partial charge in [0.05, 0.1) is 27.2 Å². The highest BCUT2D eigenvalue weighted by Crippen LogP contribution is 2.42. The van der Waals surface area contributed by atoms with E-state index in [0.29, 0.717) is 37.7 Å².